The number of ether oxygens (including phenoxy) is 3. The van der Waals surface area contributed by atoms with Gasteiger partial charge in [-0.25, -0.2) is 4.79 Å². The largest absolute Gasteiger partial charge is 0.496 e. The van der Waals surface area contributed by atoms with E-state index in [4.69, 9.17) is 14.2 Å². The Kier molecular flexibility index (Phi) is 7.82. The highest BCUT2D eigenvalue weighted by Crippen LogP contribution is 2.39. The van der Waals surface area contributed by atoms with Crippen molar-refractivity contribution >= 4 is 40.1 Å². The molecule has 9 nitrogen and oxygen atoms in total. The first kappa shape index (κ1) is 23.3. The molecule has 2 N–H and O–H groups in total. The topological polar surface area (TPSA) is 120 Å². The van der Waals surface area contributed by atoms with E-state index in [-0.39, 0.29) is 12.2 Å². The maximum Gasteiger partial charge on any atom is 0.341 e. The summed E-state index contributed by atoms with van der Waals surface area (Å²) in [4.78, 5) is 49.8. The van der Waals surface area contributed by atoms with E-state index in [1.807, 2.05) is 0 Å². The highest BCUT2D eigenvalue weighted by Gasteiger charge is 2.28. The molecule has 0 aliphatic heterocycles. The molecule has 1 aliphatic carbocycles. The summed E-state index contributed by atoms with van der Waals surface area (Å²) in [7, 11) is 1.44. The lowest BCUT2D eigenvalue weighted by Crippen LogP contribution is -2.32. The number of anilines is 1. The van der Waals surface area contributed by atoms with Gasteiger partial charge < -0.3 is 24.8 Å². The predicted octanol–water partition coefficient (Wildman–Crippen LogP) is 2.33. The van der Waals surface area contributed by atoms with Crippen molar-refractivity contribution in [3.8, 4) is 5.75 Å². The number of esters is 2. The van der Waals surface area contributed by atoms with Crippen molar-refractivity contribution < 1.29 is 33.4 Å². The average molecular weight is 461 g/mol. The van der Waals surface area contributed by atoms with Gasteiger partial charge in [-0.3, -0.25) is 14.4 Å². The van der Waals surface area contributed by atoms with Crippen LogP contribution in [0.4, 0.5) is 5.00 Å². The molecule has 2 aromatic rings. The van der Waals surface area contributed by atoms with Crippen LogP contribution in [0.3, 0.4) is 0 Å². The fourth-order valence-corrected chi connectivity index (χ4v) is 4.64. The number of hydrogen-bond donors (Lipinski definition) is 2. The number of benzene rings is 1. The van der Waals surface area contributed by atoms with Crippen molar-refractivity contribution in [3.05, 3.63) is 45.8 Å². The van der Waals surface area contributed by atoms with Crippen LogP contribution in [0, 0.1) is 0 Å². The lowest BCUT2D eigenvalue weighted by atomic mass is 10.1. The van der Waals surface area contributed by atoms with Gasteiger partial charge in [-0.1, -0.05) is 12.1 Å². The number of hydrogen-bond acceptors (Lipinski definition) is 8. The molecule has 1 aromatic heterocycles. The number of methoxy groups -OCH3 is 1. The molecule has 1 aromatic carbocycles. The molecule has 0 spiro atoms. The van der Waals surface area contributed by atoms with E-state index in [1.54, 1.807) is 31.2 Å². The second-order valence-corrected chi connectivity index (χ2v) is 7.98. The van der Waals surface area contributed by atoms with E-state index >= 15 is 0 Å². The minimum Gasteiger partial charge on any atom is -0.496 e. The molecule has 0 bridgehead atoms. The second-order valence-electron chi connectivity index (χ2n) is 6.87. The zero-order valence-corrected chi connectivity index (χ0v) is 18.6. The Morgan fingerprint density at radius 1 is 1.09 bits per heavy atom. The van der Waals surface area contributed by atoms with Crippen molar-refractivity contribution in [2.24, 2.45) is 0 Å². The highest BCUT2D eigenvalue weighted by atomic mass is 32.1. The Morgan fingerprint density at radius 2 is 1.88 bits per heavy atom. The minimum atomic E-state index is -0.775. The van der Waals surface area contributed by atoms with Gasteiger partial charge in [0.1, 0.15) is 17.3 Å². The normalized spacial score (nSPS) is 11.9. The first-order valence-corrected chi connectivity index (χ1v) is 10.9. The fraction of sp³-hybridized carbons (Fsp3) is 0.364. The third kappa shape index (κ3) is 5.44. The van der Waals surface area contributed by atoms with E-state index in [0.29, 0.717) is 16.3 Å². The van der Waals surface area contributed by atoms with Crippen molar-refractivity contribution in [1.29, 1.82) is 0 Å². The number of rotatable bonds is 9. The number of para-hydroxylation sites is 1. The fourth-order valence-electron chi connectivity index (χ4n) is 3.35. The first-order chi connectivity index (χ1) is 15.4. The van der Waals surface area contributed by atoms with Crippen LogP contribution in [0.2, 0.25) is 0 Å². The van der Waals surface area contributed by atoms with Crippen LogP contribution in [0.5, 0.6) is 5.75 Å². The Labute approximate surface area is 189 Å². The number of thiophene rings is 1. The van der Waals surface area contributed by atoms with Crippen molar-refractivity contribution in [2.75, 3.05) is 32.2 Å². The van der Waals surface area contributed by atoms with Crippen molar-refractivity contribution in [2.45, 2.75) is 26.2 Å². The van der Waals surface area contributed by atoms with Gasteiger partial charge in [-0.15, -0.1) is 11.3 Å². The number of carbonyl (C=O) groups is 4. The molecule has 0 saturated heterocycles. The maximum absolute atomic E-state index is 12.3. The number of amides is 2. The average Bonchev–Trinajstić information content (AvgIpc) is 3.36. The molecule has 0 atom stereocenters. The summed E-state index contributed by atoms with van der Waals surface area (Å²) in [6.07, 6.45) is 2.57. The molecule has 10 heteroatoms. The number of carbonyl (C=O) groups excluding carboxylic acids is 4. The Balaban J connectivity index is 1.51. The molecule has 170 valence electrons. The van der Waals surface area contributed by atoms with Crippen LogP contribution in [-0.2, 0) is 31.9 Å². The van der Waals surface area contributed by atoms with Gasteiger partial charge in [-0.05, 0) is 43.9 Å². The van der Waals surface area contributed by atoms with Crippen LogP contribution in [-0.4, -0.2) is 50.6 Å². The lowest BCUT2D eigenvalue weighted by Gasteiger charge is -2.10. The molecule has 0 unspecified atom stereocenters. The SMILES string of the molecule is CCOC(=O)c1c(NC(=O)COC(=O)CNC(=O)c2ccccc2OC)sc2c1CCC2. The zero-order chi connectivity index (χ0) is 23.1. The maximum atomic E-state index is 12.3. The molecular formula is C22H24N2O7S. The zero-order valence-electron chi connectivity index (χ0n) is 17.8. The smallest absolute Gasteiger partial charge is 0.341 e. The van der Waals surface area contributed by atoms with Gasteiger partial charge in [0, 0.05) is 4.88 Å². The molecular weight excluding hydrogens is 436 g/mol. The molecule has 0 fully saturated rings. The quantitative estimate of drug-likeness (QED) is 0.551. The highest BCUT2D eigenvalue weighted by molar-refractivity contribution is 7.17. The third-order valence-corrected chi connectivity index (χ3v) is 5.97. The standard InChI is InChI=1S/C22H24N2O7S/c1-3-30-22(28)19-14-8-6-10-16(14)32-21(19)24-17(25)12-31-18(26)11-23-20(27)13-7-4-5-9-15(13)29-2/h4-5,7,9H,3,6,8,10-12H2,1-2H3,(H,23,27)(H,24,25). The molecule has 1 aliphatic rings. The van der Waals surface area contributed by atoms with Crippen molar-refractivity contribution in [1.82, 2.24) is 5.32 Å². The summed E-state index contributed by atoms with van der Waals surface area (Å²) < 4.78 is 15.2. The van der Waals surface area contributed by atoms with Gasteiger partial charge in [0.2, 0.25) is 0 Å². The van der Waals surface area contributed by atoms with E-state index < -0.39 is 36.9 Å². The van der Waals surface area contributed by atoms with Crippen LogP contribution in [0.25, 0.3) is 0 Å². The van der Waals surface area contributed by atoms with Crippen LogP contribution in [0.15, 0.2) is 24.3 Å². The van der Waals surface area contributed by atoms with Gasteiger partial charge in [0.05, 0.1) is 24.8 Å². The summed E-state index contributed by atoms with van der Waals surface area (Å²) in [5.41, 5.74) is 1.57. The summed E-state index contributed by atoms with van der Waals surface area (Å²) in [5, 5.41) is 5.47. The van der Waals surface area contributed by atoms with Gasteiger partial charge >= 0.3 is 11.9 Å². The molecule has 0 saturated carbocycles. The third-order valence-electron chi connectivity index (χ3n) is 4.76. The summed E-state index contributed by atoms with van der Waals surface area (Å²) in [5.74, 6) is -1.96. The van der Waals surface area contributed by atoms with Crippen molar-refractivity contribution in [3.63, 3.8) is 0 Å². The lowest BCUT2D eigenvalue weighted by molar-refractivity contribution is -0.146. The monoisotopic (exact) mass is 460 g/mol. The van der Waals surface area contributed by atoms with E-state index in [0.717, 1.165) is 29.7 Å². The molecule has 1 heterocycles. The Morgan fingerprint density at radius 3 is 2.62 bits per heavy atom. The molecule has 3 rings (SSSR count). The van der Waals surface area contributed by atoms with Crippen LogP contribution >= 0.6 is 11.3 Å². The summed E-state index contributed by atoms with van der Waals surface area (Å²) in [6.45, 7) is 0.990. The predicted molar refractivity (Wildman–Crippen MR) is 117 cm³/mol. The second kappa shape index (κ2) is 10.8. The molecule has 0 radical (unpaired) electrons. The molecule has 32 heavy (non-hydrogen) atoms. The van der Waals surface area contributed by atoms with Gasteiger partial charge in [0.25, 0.3) is 11.8 Å². The van der Waals surface area contributed by atoms with E-state index in [2.05, 4.69) is 10.6 Å². The molecule has 2 amide bonds. The Hall–Kier alpha value is -3.40. The number of aryl methyl sites for hydroxylation is 1. The summed E-state index contributed by atoms with van der Waals surface area (Å²) >= 11 is 1.34. The minimum absolute atomic E-state index is 0.231. The van der Waals surface area contributed by atoms with E-state index in [1.165, 1.54) is 18.4 Å². The Bertz CT molecular complexity index is 1030. The van der Waals surface area contributed by atoms with Gasteiger partial charge in [-0.2, -0.15) is 0 Å². The summed E-state index contributed by atoms with van der Waals surface area (Å²) in [6, 6.07) is 6.58. The number of nitrogens with one attached hydrogen (secondary N) is 2. The van der Waals surface area contributed by atoms with E-state index in [9.17, 15) is 19.2 Å². The van der Waals surface area contributed by atoms with Crippen LogP contribution < -0.4 is 15.4 Å². The van der Waals surface area contributed by atoms with Crippen LogP contribution in [0.1, 0.15) is 44.5 Å². The first-order valence-electron chi connectivity index (χ1n) is 10.1. The number of fused-ring (bicyclic) bond motifs is 1. The van der Waals surface area contributed by atoms with Gasteiger partial charge in [0.15, 0.2) is 6.61 Å².